The molecule has 0 bridgehead atoms. The van der Waals surface area contributed by atoms with Gasteiger partial charge in [0.2, 0.25) is 5.91 Å². The lowest BCUT2D eigenvalue weighted by Crippen LogP contribution is -2.54. The van der Waals surface area contributed by atoms with Gasteiger partial charge in [0.25, 0.3) is 0 Å². The van der Waals surface area contributed by atoms with E-state index >= 15 is 0 Å². The first-order chi connectivity index (χ1) is 16.6. The number of carboxylic acids is 1. The van der Waals surface area contributed by atoms with E-state index in [2.05, 4.69) is 10.6 Å². The predicted molar refractivity (Wildman–Crippen MR) is 129 cm³/mol. The molecular weight excluding hydrogens is 472 g/mol. The van der Waals surface area contributed by atoms with Gasteiger partial charge in [-0.15, -0.1) is 0 Å². The van der Waals surface area contributed by atoms with Crippen molar-refractivity contribution in [2.24, 2.45) is 5.92 Å². The van der Waals surface area contributed by atoms with Gasteiger partial charge in [-0.1, -0.05) is 48.5 Å². The molecule has 0 aromatic heterocycles. The zero-order valence-corrected chi connectivity index (χ0v) is 20.1. The number of fused-ring (bicyclic) bond motifs is 3. The van der Waals surface area contributed by atoms with Crippen LogP contribution >= 0.6 is 0 Å². The highest BCUT2D eigenvalue weighted by Crippen LogP contribution is 2.44. The molecule has 2 aromatic carbocycles. The lowest BCUT2D eigenvalue weighted by atomic mass is 9.80. The highest BCUT2D eigenvalue weighted by Gasteiger charge is 2.37. The van der Waals surface area contributed by atoms with E-state index < -0.39 is 39.8 Å². The van der Waals surface area contributed by atoms with Crippen LogP contribution in [0.25, 0.3) is 11.1 Å². The highest BCUT2D eigenvalue weighted by atomic mass is 32.2. The van der Waals surface area contributed by atoms with Crippen molar-refractivity contribution >= 4 is 27.8 Å². The van der Waals surface area contributed by atoms with Crippen molar-refractivity contribution in [1.29, 1.82) is 0 Å². The zero-order chi connectivity index (χ0) is 25.2. The number of carbonyl (C=O) groups is 3. The third kappa shape index (κ3) is 5.82. The summed E-state index contributed by atoms with van der Waals surface area (Å²) >= 11 is 0. The van der Waals surface area contributed by atoms with Gasteiger partial charge in [-0.3, -0.25) is 9.59 Å². The Hall–Kier alpha value is -3.40. The number of nitrogens with one attached hydrogen (secondary N) is 2. The second-order valence-electron chi connectivity index (χ2n) is 9.15. The molecule has 2 aliphatic carbocycles. The molecule has 186 valence electrons. The average Bonchev–Trinajstić information content (AvgIpc) is 3.10. The van der Waals surface area contributed by atoms with Crippen LogP contribution in [0.4, 0.5) is 4.79 Å². The van der Waals surface area contributed by atoms with Crippen molar-refractivity contribution in [2.75, 3.05) is 18.6 Å². The summed E-state index contributed by atoms with van der Waals surface area (Å²) in [6.45, 7) is 0.0587. The summed E-state index contributed by atoms with van der Waals surface area (Å²) < 4.78 is 28.8. The minimum absolute atomic E-state index is 0.0587. The maximum atomic E-state index is 12.7. The summed E-state index contributed by atoms with van der Waals surface area (Å²) in [5.74, 6) is -2.43. The van der Waals surface area contributed by atoms with E-state index in [1.807, 2.05) is 48.5 Å². The quantitative estimate of drug-likeness (QED) is 0.480. The van der Waals surface area contributed by atoms with Crippen molar-refractivity contribution in [1.82, 2.24) is 10.6 Å². The Morgan fingerprint density at radius 2 is 1.60 bits per heavy atom. The Labute approximate surface area is 203 Å². The zero-order valence-electron chi connectivity index (χ0n) is 19.3. The lowest BCUT2D eigenvalue weighted by molar-refractivity contribution is -0.146. The van der Waals surface area contributed by atoms with Crippen molar-refractivity contribution in [2.45, 2.75) is 37.3 Å². The number of carbonyl (C=O) groups excluding carboxylic acids is 2. The molecule has 9 nitrogen and oxygen atoms in total. The number of amides is 2. The fraction of sp³-hybridized carbons (Fsp3) is 0.400. The number of rotatable bonds is 9. The molecule has 0 saturated heterocycles. The Morgan fingerprint density at radius 3 is 2.14 bits per heavy atom. The maximum Gasteiger partial charge on any atom is 0.407 e. The minimum atomic E-state index is -3.37. The first-order valence-electron chi connectivity index (χ1n) is 11.4. The molecule has 0 spiro atoms. The van der Waals surface area contributed by atoms with E-state index in [4.69, 9.17) is 9.84 Å². The molecule has 1 saturated carbocycles. The van der Waals surface area contributed by atoms with Crippen LogP contribution in [-0.4, -0.2) is 62.2 Å². The molecule has 1 fully saturated rings. The van der Waals surface area contributed by atoms with Gasteiger partial charge in [0, 0.05) is 18.2 Å². The third-order valence-corrected chi connectivity index (χ3v) is 7.54. The molecule has 2 aromatic rings. The standard InChI is InChI=1S/C25H28N2O7S/c1-35(32,33)11-10-22(23(28)26-16-12-15(13-16)24(29)30)27-25(31)34-14-21-19-8-4-2-6-17(19)18-7-3-5-9-20(18)21/h2-9,15-16,21-22H,10-14H2,1H3,(H,26,28)(H,27,31)(H,29,30). The SMILES string of the molecule is CS(=O)(=O)CCC(NC(=O)OCC1c2ccccc2-c2ccccc21)C(=O)NC1CC(C(=O)O)C1. The van der Waals surface area contributed by atoms with Crippen LogP contribution in [0, 0.1) is 5.92 Å². The van der Waals surface area contributed by atoms with Gasteiger partial charge in [0.1, 0.15) is 22.5 Å². The number of alkyl carbamates (subject to hydrolysis) is 1. The third-order valence-electron chi connectivity index (χ3n) is 6.56. The Morgan fingerprint density at radius 1 is 1.03 bits per heavy atom. The van der Waals surface area contributed by atoms with Crippen LogP contribution in [0.5, 0.6) is 0 Å². The number of hydrogen-bond acceptors (Lipinski definition) is 6. The number of sulfone groups is 1. The Balaban J connectivity index is 1.39. The molecule has 1 unspecified atom stereocenters. The molecule has 3 N–H and O–H groups in total. The second-order valence-corrected chi connectivity index (χ2v) is 11.4. The minimum Gasteiger partial charge on any atom is -0.481 e. The van der Waals surface area contributed by atoms with Gasteiger partial charge in [-0.2, -0.15) is 0 Å². The fourth-order valence-corrected chi connectivity index (χ4v) is 5.29. The topological polar surface area (TPSA) is 139 Å². The van der Waals surface area contributed by atoms with Crippen LogP contribution in [0.15, 0.2) is 48.5 Å². The van der Waals surface area contributed by atoms with Gasteiger partial charge < -0.3 is 20.5 Å². The molecule has 2 amide bonds. The second kappa shape index (κ2) is 10.1. The fourth-order valence-electron chi connectivity index (χ4n) is 4.62. The predicted octanol–water partition coefficient (Wildman–Crippen LogP) is 2.31. The van der Waals surface area contributed by atoms with Crippen LogP contribution in [0.1, 0.15) is 36.3 Å². The van der Waals surface area contributed by atoms with Gasteiger partial charge in [-0.25, -0.2) is 13.2 Å². The summed E-state index contributed by atoms with van der Waals surface area (Å²) in [5, 5.41) is 14.2. The van der Waals surface area contributed by atoms with Gasteiger partial charge in [0.15, 0.2) is 0 Å². The molecule has 0 radical (unpaired) electrons. The first kappa shape index (κ1) is 24.7. The normalized spacial score (nSPS) is 19.6. The van der Waals surface area contributed by atoms with Crippen molar-refractivity contribution in [3.05, 3.63) is 59.7 Å². The number of carboxylic acid groups (broad SMARTS) is 1. The lowest BCUT2D eigenvalue weighted by Gasteiger charge is -2.34. The monoisotopic (exact) mass is 500 g/mol. The van der Waals surface area contributed by atoms with Crippen molar-refractivity contribution < 1.29 is 32.6 Å². The maximum absolute atomic E-state index is 12.7. The summed E-state index contributed by atoms with van der Waals surface area (Å²) in [5.41, 5.74) is 4.27. The van der Waals surface area contributed by atoms with E-state index in [-0.39, 0.29) is 30.7 Å². The molecule has 4 rings (SSSR count). The summed E-state index contributed by atoms with van der Waals surface area (Å²) in [6, 6.07) is 14.4. The van der Waals surface area contributed by atoms with E-state index in [1.165, 1.54) is 0 Å². The van der Waals surface area contributed by atoms with E-state index in [0.29, 0.717) is 12.8 Å². The van der Waals surface area contributed by atoms with Crippen molar-refractivity contribution in [3.63, 3.8) is 0 Å². The summed E-state index contributed by atoms with van der Waals surface area (Å²) in [4.78, 5) is 36.4. The van der Waals surface area contributed by atoms with E-state index in [9.17, 15) is 22.8 Å². The molecule has 35 heavy (non-hydrogen) atoms. The molecule has 2 aliphatic rings. The van der Waals surface area contributed by atoms with E-state index in [1.54, 1.807) is 0 Å². The van der Waals surface area contributed by atoms with E-state index in [0.717, 1.165) is 28.5 Å². The Bertz CT molecular complexity index is 1190. The molecule has 0 aliphatic heterocycles. The average molecular weight is 501 g/mol. The number of ether oxygens (including phenoxy) is 1. The first-order valence-corrected chi connectivity index (χ1v) is 13.5. The van der Waals surface area contributed by atoms with Gasteiger partial charge in [-0.05, 0) is 41.5 Å². The van der Waals surface area contributed by atoms with Crippen LogP contribution < -0.4 is 10.6 Å². The molecule has 0 heterocycles. The number of benzene rings is 2. The van der Waals surface area contributed by atoms with Gasteiger partial charge in [0.05, 0.1) is 11.7 Å². The highest BCUT2D eigenvalue weighted by molar-refractivity contribution is 7.90. The molecule has 1 atom stereocenters. The van der Waals surface area contributed by atoms with Crippen LogP contribution in [0.3, 0.4) is 0 Å². The van der Waals surface area contributed by atoms with Crippen molar-refractivity contribution in [3.8, 4) is 11.1 Å². The number of hydrogen-bond donors (Lipinski definition) is 3. The smallest absolute Gasteiger partial charge is 0.407 e. The van der Waals surface area contributed by atoms with Crippen LogP contribution in [0.2, 0.25) is 0 Å². The Kier molecular flexibility index (Phi) is 7.11. The number of aliphatic carboxylic acids is 1. The summed E-state index contributed by atoms with van der Waals surface area (Å²) in [6.07, 6.45) is 0.704. The molecule has 10 heteroatoms. The largest absolute Gasteiger partial charge is 0.481 e. The van der Waals surface area contributed by atoms with Gasteiger partial charge >= 0.3 is 12.1 Å². The van der Waals surface area contributed by atoms with Crippen LogP contribution in [-0.2, 0) is 24.2 Å². The molecular formula is C25H28N2O7S. The summed E-state index contributed by atoms with van der Waals surface area (Å²) in [7, 11) is -3.37.